The molecule has 24 heavy (non-hydrogen) atoms. The van der Waals surface area contributed by atoms with Crippen molar-refractivity contribution in [3.8, 4) is 11.1 Å². The van der Waals surface area contributed by atoms with Crippen LogP contribution in [0.1, 0.15) is 15.9 Å². The summed E-state index contributed by atoms with van der Waals surface area (Å²) in [6, 6.07) is 22.6. The van der Waals surface area contributed by atoms with Crippen LogP contribution in [0.4, 0.5) is 5.69 Å². The van der Waals surface area contributed by atoms with Crippen molar-refractivity contribution >= 4 is 33.1 Å². The van der Waals surface area contributed by atoms with Gasteiger partial charge in [0.2, 0.25) is 5.69 Å². The Labute approximate surface area is 147 Å². The molecule has 1 aliphatic heterocycles. The summed E-state index contributed by atoms with van der Waals surface area (Å²) in [6.07, 6.45) is 0. The van der Waals surface area contributed by atoms with Crippen LogP contribution in [0.25, 0.3) is 11.1 Å². The molecule has 0 atom stereocenters. The second-order valence-corrected chi connectivity index (χ2v) is 6.49. The molecule has 0 N–H and O–H groups in total. The molecule has 4 rings (SSSR count). The second kappa shape index (κ2) is 5.73. The molecule has 0 spiro atoms. The summed E-state index contributed by atoms with van der Waals surface area (Å²) in [5.41, 5.74) is 3.76. The molecule has 4 heteroatoms. The molecule has 0 fully saturated rings. The van der Waals surface area contributed by atoms with Gasteiger partial charge in [-0.1, -0.05) is 58.4 Å². The quantitative estimate of drug-likeness (QED) is 0.468. The number of ketones is 1. The van der Waals surface area contributed by atoms with Gasteiger partial charge in [0.1, 0.15) is 5.56 Å². The minimum Gasteiger partial charge on any atom is -0.618 e. The predicted octanol–water partition coefficient (Wildman–Crippen LogP) is 4.94. The monoisotopic (exact) mass is 377 g/mol. The van der Waals surface area contributed by atoms with Crippen molar-refractivity contribution in [2.75, 3.05) is 0 Å². The summed E-state index contributed by atoms with van der Waals surface area (Å²) >= 11 is 3.34. The maximum atomic E-state index is 12.6. The molecule has 0 amide bonds. The van der Waals surface area contributed by atoms with Crippen LogP contribution in [0.5, 0.6) is 0 Å². The van der Waals surface area contributed by atoms with Gasteiger partial charge in [0.05, 0.1) is 5.56 Å². The van der Waals surface area contributed by atoms with Gasteiger partial charge in [0.25, 0.3) is 11.5 Å². The number of benzene rings is 3. The number of rotatable bonds is 2. The molecule has 1 heterocycles. The fourth-order valence-electron chi connectivity index (χ4n) is 2.90. The van der Waals surface area contributed by atoms with Gasteiger partial charge in [-0.05, 0) is 35.4 Å². The Bertz CT molecular complexity index is 976. The van der Waals surface area contributed by atoms with Gasteiger partial charge in [-0.15, -0.1) is 0 Å². The van der Waals surface area contributed by atoms with Crippen LogP contribution < -0.4 is 0 Å². The molecule has 0 bridgehead atoms. The van der Waals surface area contributed by atoms with E-state index >= 15 is 0 Å². The lowest BCUT2D eigenvalue weighted by Crippen LogP contribution is -2.16. The summed E-state index contributed by atoms with van der Waals surface area (Å²) in [6.45, 7) is 0. The van der Waals surface area contributed by atoms with Crippen molar-refractivity contribution in [1.82, 2.24) is 0 Å². The number of hydrogen-bond acceptors (Lipinski definition) is 2. The minimum absolute atomic E-state index is 0.169. The lowest BCUT2D eigenvalue weighted by atomic mass is 9.99. The number of hydrogen-bond donors (Lipinski definition) is 0. The third kappa shape index (κ3) is 2.36. The van der Waals surface area contributed by atoms with E-state index in [1.54, 1.807) is 18.2 Å². The van der Waals surface area contributed by atoms with E-state index < -0.39 is 0 Å². The molecule has 3 aromatic carbocycles. The van der Waals surface area contributed by atoms with Crippen LogP contribution in [0.15, 0.2) is 77.3 Å². The van der Waals surface area contributed by atoms with Crippen molar-refractivity contribution in [3.05, 3.63) is 93.6 Å². The van der Waals surface area contributed by atoms with E-state index in [1.807, 2.05) is 54.6 Å². The summed E-state index contributed by atoms with van der Waals surface area (Å²) in [5, 5.41) is 12.6. The molecular formula is C20H12BrNO2. The Morgan fingerprint density at radius 2 is 1.42 bits per heavy atom. The van der Waals surface area contributed by atoms with E-state index in [9.17, 15) is 10.0 Å². The topological polar surface area (TPSA) is 43.1 Å². The highest BCUT2D eigenvalue weighted by molar-refractivity contribution is 9.10. The standard InChI is InChI=1S/C20H12BrNO2/c21-16-10-11-17-18(12-16)22(24)19(20(17)23)15-8-6-14(7-9-15)13-4-2-1-3-5-13/h1-12H. The molecule has 3 nitrogen and oxygen atoms in total. The highest BCUT2D eigenvalue weighted by atomic mass is 79.9. The van der Waals surface area contributed by atoms with Gasteiger partial charge in [0.15, 0.2) is 0 Å². The SMILES string of the molecule is O=C1C(c2ccc(-c3ccccc3)cc2)=[N+]([O-])c2cc(Br)ccc21. The first-order valence-electron chi connectivity index (χ1n) is 7.49. The molecule has 0 saturated heterocycles. The molecule has 0 saturated carbocycles. The normalized spacial score (nSPS) is 13.3. The van der Waals surface area contributed by atoms with Gasteiger partial charge in [-0.2, -0.15) is 4.74 Å². The van der Waals surface area contributed by atoms with Gasteiger partial charge >= 0.3 is 0 Å². The highest BCUT2D eigenvalue weighted by Crippen LogP contribution is 2.31. The van der Waals surface area contributed by atoms with E-state index in [0.717, 1.165) is 20.3 Å². The lowest BCUT2D eigenvalue weighted by molar-refractivity contribution is -0.355. The zero-order valence-corrected chi connectivity index (χ0v) is 14.2. The van der Waals surface area contributed by atoms with Crippen molar-refractivity contribution < 1.29 is 9.53 Å². The Morgan fingerprint density at radius 3 is 2.12 bits per heavy atom. The molecule has 0 unspecified atom stereocenters. The van der Waals surface area contributed by atoms with Crippen molar-refractivity contribution in [3.63, 3.8) is 0 Å². The first-order valence-corrected chi connectivity index (χ1v) is 8.29. The molecular weight excluding hydrogens is 366 g/mol. The van der Waals surface area contributed by atoms with Crippen molar-refractivity contribution in [1.29, 1.82) is 0 Å². The lowest BCUT2D eigenvalue weighted by Gasteiger charge is -2.04. The average molecular weight is 378 g/mol. The number of carbonyl (C=O) groups excluding carboxylic acids is 1. The molecule has 0 aromatic heterocycles. The maximum absolute atomic E-state index is 12.6. The fraction of sp³-hybridized carbons (Fsp3) is 0. The predicted molar refractivity (Wildman–Crippen MR) is 97.7 cm³/mol. The summed E-state index contributed by atoms with van der Waals surface area (Å²) < 4.78 is 1.50. The van der Waals surface area contributed by atoms with E-state index in [-0.39, 0.29) is 11.5 Å². The number of Topliss-reactive ketones (excluding diaryl/α,β-unsaturated/α-hetero) is 1. The van der Waals surface area contributed by atoms with E-state index in [0.29, 0.717) is 16.8 Å². The fourth-order valence-corrected chi connectivity index (χ4v) is 3.25. The number of nitrogens with zero attached hydrogens (tertiary/aromatic N) is 1. The van der Waals surface area contributed by atoms with Crippen molar-refractivity contribution in [2.24, 2.45) is 0 Å². The summed E-state index contributed by atoms with van der Waals surface area (Å²) in [5.74, 6) is -0.236. The largest absolute Gasteiger partial charge is 0.618 e. The molecule has 0 aliphatic carbocycles. The summed E-state index contributed by atoms with van der Waals surface area (Å²) in [7, 11) is 0. The maximum Gasteiger partial charge on any atom is 0.272 e. The van der Waals surface area contributed by atoms with Gasteiger partial charge in [0, 0.05) is 10.5 Å². The molecule has 0 radical (unpaired) electrons. The number of fused-ring (bicyclic) bond motifs is 1. The zero-order chi connectivity index (χ0) is 16.7. The van der Waals surface area contributed by atoms with E-state index in [4.69, 9.17) is 0 Å². The van der Waals surface area contributed by atoms with Gasteiger partial charge in [-0.3, -0.25) is 4.79 Å². The highest BCUT2D eigenvalue weighted by Gasteiger charge is 2.36. The second-order valence-electron chi connectivity index (χ2n) is 5.58. The Morgan fingerprint density at radius 1 is 0.792 bits per heavy atom. The van der Waals surface area contributed by atoms with Gasteiger partial charge in [-0.25, -0.2) is 0 Å². The first kappa shape index (κ1) is 14.8. The molecule has 1 aliphatic rings. The third-order valence-electron chi connectivity index (χ3n) is 4.11. The van der Waals surface area contributed by atoms with E-state index in [2.05, 4.69) is 15.9 Å². The molecule has 3 aromatic rings. The first-order chi connectivity index (χ1) is 11.6. The Balaban J connectivity index is 1.76. The van der Waals surface area contributed by atoms with Crippen LogP contribution in [0, 0.1) is 5.21 Å². The number of halogens is 1. The zero-order valence-electron chi connectivity index (χ0n) is 12.6. The Kier molecular flexibility index (Phi) is 3.54. The molecule has 116 valence electrons. The van der Waals surface area contributed by atoms with E-state index in [1.165, 1.54) is 0 Å². The van der Waals surface area contributed by atoms with Crippen LogP contribution in [-0.2, 0) is 0 Å². The third-order valence-corrected chi connectivity index (χ3v) is 4.60. The average Bonchev–Trinajstić information content (AvgIpc) is 2.86. The Hall–Kier alpha value is -2.72. The minimum atomic E-state index is -0.236. The number of carbonyl (C=O) groups is 1. The van der Waals surface area contributed by atoms with Crippen LogP contribution >= 0.6 is 15.9 Å². The smallest absolute Gasteiger partial charge is 0.272 e. The van der Waals surface area contributed by atoms with Crippen LogP contribution in [-0.4, -0.2) is 16.2 Å². The van der Waals surface area contributed by atoms with Crippen molar-refractivity contribution in [2.45, 2.75) is 0 Å². The van der Waals surface area contributed by atoms with Gasteiger partial charge < -0.3 is 5.21 Å². The van der Waals surface area contributed by atoms with Crippen LogP contribution in [0.3, 0.4) is 0 Å². The van der Waals surface area contributed by atoms with Crippen LogP contribution in [0.2, 0.25) is 0 Å². The summed E-state index contributed by atoms with van der Waals surface area (Å²) in [4.78, 5) is 12.6.